The van der Waals surface area contributed by atoms with E-state index in [-0.39, 0.29) is 12.0 Å². The van der Waals surface area contributed by atoms with E-state index in [1.807, 2.05) is 13.0 Å². The van der Waals surface area contributed by atoms with Gasteiger partial charge in [0.2, 0.25) is 0 Å². The van der Waals surface area contributed by atoms with Crippen molar-refractivity contribution in [2.24, 2.45) is 0 Å². The van der Waals surface area contributed by atoms with Crippen molar-refractivity contribution in [3.63, 3.8) is 0 Å². The lowest BCUT2D eigenvalue weighted by Gasteiger charge is -2.33. The second kappa shape index (κ2) is 6.42. The number of thiazole rings is 1. The van der Waals surface area contributed by atoms with Crippen LogP contribution in [0, 0.1) is 0 Å². The zero-order valence-electron chi connectivity index (χ0n) is 13.2. The molecular weight excluding hydrogens is 360 g/mol. The minimum atomic E-state index is -0.152. The maximum absolute atomic E-state index is 13.0. The van der Waals surface area contributed by atoms with Gasteiger partial charge in [0.05, 0.1) is 23.5 Å². The van der Waals surface area contributed by atoms with E-state index in [9.17, 15) is 4.79 Å². The van der Waals surface area contributed by atoms with Crippen LogP contribution in [0.1, 0.15) is 16.6 Å². The van der Waals surface area contributed by atoms with Crippen molar-refractivity contribution in [1.29, 1.82) is 0 Å². The van der Waals surface area contributed by atoms with Crippen LogP contribution in [0.2, 0.25) is 5.02 Å². The predicted molar refractivity (Wildman–Crippen MR) is 96.4 cm³/mol. The minimum Gasteiger partial charge on any atom is -0.485 e. The first-order valence-electron chi connectivity index (χ1n) is 7.63. The molecule has 0 aliphatic carbocycles. The van der Waals surface area contributed by atoms with Gasteiger partial charge in [0, 0.05) is 12.4 Å². The summed E-state index contributed by atoms with van der Waals surface area (Å²) in [6, 6.07) is 7.11. The first kappa shape index (κ1) is 16.0. The van der Waals surface area contributed by atoms with Gasteiger partial charge in [-0.2, -0.15) is 0 Å². The van der Waals surface area contributed by atoms with E-state index in [0.717, 1.165) is 0 Å². The molecule has 126 valence electrons. The van der Waals surface area contributed by atoms with Gasteiger partial charge in [-0.15, -0.1) is 11.3 Å². The molecule has 0 spiro atoms. The molecule has 1 aliphatic heterocycles. The molecule has 3 aromatic rings. The van der Waals surface area contributed by atoms with Crippen LogP contribution in [0.3, 0.4) is 0 Å². The number of hydrogen-bond acceptors (Lipinski definition) is 6. The highest BCUT2D eigenvalue weighted by Gasteiger charge is 2.30. The molecule has 0 radical (unpaired) electrons. The molecule has 0 fully saturated rings. The summed E-state index contributed by atoms with van der Waals surface area (Å²) in [5, 5.41) is 1.10. The third kappa shape index (κ3) is 2.96. The van der Waals surface area contributed by atoms with Gasteiger partial charge in [-0.25, -0.2) is 15.0 Å². The molecule has 2 aromatic heterocycles. The van der Waals surface area contributed by atoms with E-state index in [2.05, 4.69) is 15.0 Å². The number of fused-ring (bicyclic) bond motifs is 1. The van der Waals surface area contributed by atoms with Crippen LogP contribution in [0.5, 0.6) is 5.75 Å². The second-order valence-corrected chi connectivity index (χ2v) is 6.97. The van der Waals surface area contributed by atoms with Gasteiger partial charge in [0.25, 0.3) is 5.91 Å². The van der Waals surface area contributed by atoms with Crippen molar-refractivity contribution >= 4 is 34.5 Å². The standard InChI is InChI=1S/C17H13ClN4O2S/c1-10-9-22(12-5-2-4-11(18)14(12)24-10)17(23)13-8-21-16(25-13)15-19-6-3-7-20-15/h2-8,10H,9H2,1H3/t10-/m1/s1. The van der Waals surface area contributed by atoms with Gasteiger partial charge in [-0.1, -0.05) is 17.7 Å². The zero-order valence-corrected chi connectivity index (χ0v) is 14.8. The summed E-state index contributed by atoms with van der Waals surface area (Å²) in [6.45, 7) is 2.35. The highest BCUT2D eigenvalue weighted by molar-refractivity contribution is 7.17. The Balaban J connectivity index is 1.68. The molecule has 0 unspecified atom stereocenters. The third-order valence-electron chi connectivity index (χ3n) is 3.71. The number of ether oxygens (including phenoxy) is 1. The van der Waals surface area contributed by atoms with E-state index >= 15 is 0 Å². The first-order chi connectivity index (χ1) is 12.1. The van der Waals surface area contributed by atoms with Crippen LogP contribution < -0.4 is 9.64 Å². The number of nitrogens with zero attached hydrogens (tertiary/aromatic N) is 4. The lowest BCUT2D eigenvalue weighted by molar-refractivity contribution is 0.0965. The maximum atomic E-state index is 13.0. The smallest absolute Gasteiger partial charge is 0.270 e. The number of hydrogen-bond donors (Lipinski definition) is 0. The van der Waals surface area contributed by atoms with Crippen LogP contribution in [-0.4, -0.2) is 33.5 Å². The van der Waals surface area contributed by atoms with Crippen LogP contribution in [0.15, 0.2) is 42.9 Å². The average Bonchev–Trinajstić information content (AvgIpc) is 3.12. The van der Waals surface area contributed by atoms with Crippen LogP contribution in [0.4, 0.5) is 5.69 Å². The van der Waals surface area contributed by atoms with Gasteiger partial charge in [0.1, 0.15) is 11.0 Å². The van der Waals surface area contributed by atoms with Gasteiger partial charge in [-0.3, -0.25) is 4.79 Å². The maximum Gasteiger partial charge on any atom is 0.270 e. The Kier molecular flexibility index (Phi) is 4.10. The van der Waals surface area contributed by atoms with Gasteiger partial charge >= 0.3 is 0 Å². The number of benzene rings is 1. The van der Waals surface area contributed by atoms with Crippen LogP contribution >= 0.6 is 22.9 Å². The number of para-hydroxylation sites is 1. The van der Waals surface area contributed by atoms with Crippen molar-refractivity contribution in [2.45, 2.75) is 13.0 Å². The molecule has 0 bridgehead atoms. The number of carbonyl (C=O) groups is 1. The van der Waals surface area contributed by atoms with Gasteiger partial charge < -0.3 is 9.64 Å². The van der Waals surface area contributed by atoms with Gasteiger partial charge in [-0.05, 0) is 25.1 Å². The normalized spacial score (nSPS) is 16.2. The lowest BCUT2D eigenvalue weighted by Crippen LogP contribution is -2.42. The van der Waals surface area contributed by atoms with Crippen molar-refractivity contribution < 1.29 is 9.53 Å². The number of rotatable bonds is 2. The fraction of sp³-hybridized carbons (Fsp3) is 0.176. The van der Waals surface area contributed by atoms with Crippen LogP contribution in [-0.2, 0) is 0 Å². The summed E-state index contributed by atoms with van der Waals surface area (Å²) in [5.74, 6) is 0.899. The molecular formula is C17H13ClN4O2S. The largest absolute Gasteiger partial charge is 0.485 e. The number of carbonyl (C=O) groups excluding carboxylic acids is 1. The molecule has 1 aliphatic rings. The molecule has 1 amide bonds. The van der Waals surface area contributed by atoms with E-state index in [1.54, 1.807) is 41.7 Å². The van der Waals surface area contributed by atoms with E-state index in [4.69, 9.17) is 16.3 Å². The zero-order chi connectivity index (χ0) is 17.4. The fourth-order valence-corrected chi connectivity index (χ4v) is 3.66. The van der Waals surface area contributed by atoms with Crippen molar-refractivity contribution in [2.75, 3.05) is 11.4 Å². The van der Waals surface area contributed by atoms with Gasteiger partial charge in [0.15, 0.2) is 16.6 Å². The molecule has 4 rings (SSSR count). The Morgan fingerprint density at radius 1 is 1.28 bits per heavy atom. The fourth-order valence-electron chi connectivity index (χ4n) is 2.63. The Morgan fingerprint density at radius 3 is 2.88 bits per heavy atom. The summed E-state index contributed by atoms with van der Waals surface area (Å²) in [7, 11) is 0. The molecule has 6 nitrogen and oxygen atoms in total. The SMILES string of the molecule is C[C@@H]1CN(C(=O)c2cnc(-c3ncccn3)s2)c2cccc(Cl)c2O1. The number of aromatic nitrogens is 3. The molecule has 0 saturated heterocycles. The summed E-state index contributed by atoms with van der Waals surface area (Å²) >= 11 is 7.49. The average molecular weight is 373 g/mol. The topological polar surface area (TPSA) is 68.2 Å². The number of halogens is 1. The molecule has 8 heteroatoms. The number of anilines is 1. The van der Waals surface area contributed by atoms with E-state index < -0.39 is 0 Å². The molecule has 0 N–H and O–H groups in total. The molecule has 3 heterocycles. The highest BCUT2D eigenvalue weighted by atomic mass is 35.5. The summed E-state index contributed by atoms with van der Waals surface area (Å²) in [6.07, 6.45) is 4.70. The monoisotopic (exact) mass is 372 g/mol. The Hall–Kier alpha value is -2.51. The predicted octanol–water partition coefficient (Wildman–Crippen LogP) is 3.68. The van der Waals surface area contributed by atoms with E-state index in [1.165, 1.54) is 11.3 Å². The minimum absolute atomic E-state index is 0.140. The number of amides is 1. The summed E-state index contributed by atoms with van der Waals surface area (Å²) < 4.78 is 5.80. The van der Waals surface area contributed by atoms with Crippen LogP contribution in [0.25, 0.3) is 10.8 Å². The van der Waals surface area contributed by atoms with E-state index in [0.29, 0.717) is 38.7 Å². The molecule has 1 atom stereocenters. The van der Waals surface area contributed by atoms with Crippen molar-refractivity contribution in [1.82, 2.24) is 15.0 Å². The Bertz CT molecular complexity index is 931. The third-order valence-corrected chi connectivity index (χ3v) is 4.99. The summed E-state index contributed by atoms with van der Waals surface area (Å²) in [5.41, 5.74) is 0.668. The van der Waals surface area contributed by atoms with Crippen molar-refractivity contribution in [3.05, 3.63) is 52.8 Å². The van der Waals surface area contributed by atoms with Crippen molar-refractivity contribution in [3.8, 4) is 16.6 Å². The quantitative estimate of drug-likeness (QED) is 0.686. The Morgan fingerprint density at radius 2 is 2.08 bits per heavy atom. The molecule has 0 saturated carbocycles. The lowest BCUT2D eigenvalue weighted by atomic mass is 10.2. The molecule has 25 heavy (non-hydrogen) atoms. The second-order valence-electron chi connectivity index (χ2n) is 5.53. The highest BCUT2D eigenvalue weighted by Crippen LogP contribution is 2.40. The first-order valence-corrected chi connectivity index (χ1v) is 8.83. The Labute approximate surface area is 153 Å². The summed E-state index contributed by atoms with van der Waals surface area (Å²) in [4.78, 5) is 27.8. The molecule has 1 aromatic carbocycles.